The van der Waals surface area contributed by atoms with E-state index in [2.05, 4.69) is 104 Å². The highest BCUT2D eigenvalue weighted by Gasteiger charge is 2.17. The summed E-state index contributed by atoms with van der Waals surface area (Å²) in [5.41, 5.74) is 11.9. The number of aliphatic imine (C=N–C) groups is 1. The summed E-state index contributed by atoms with van der Waals surface area (Å²) < 4.78 is 4.25. The highest BCUT2D eigenvalue weighted by atomic mass is 16.4. The Morgan fingerprint density at radius 3 is 2.39 bits per heavy atom. The molecular weight excluding hydrogens is 640 g/mol. The number of carbonyl (C=O) groups is 2. The fourth-order valence-electron chi connectivity index (χ4n) is 4.88. The lowest BCUT2D eigenvalue weighted by atomic mass is 9.96. The summed E-state index contributed by atoms with van der Waals surface area (Å²) in [5, 5.41) is 5.78. The number of allylic oxidation sites excluding steroid dienone is 1. The fourth-order valence-corrected chi connectivity index (χ4v) is 4.88. The van der Waals surface area contributed by atoms with Crippen LogP contribution in [-0.4, -0.2) is 87.0 Å². The Bertz CT molecular complexity index is 1560. The van der Waals surface area contributed by atoms with Gasteiger partial charge in [0.1, 0.15) is 11.7 Å². The number of H-pyrrole nitrogens is 1. The molecule has 0 bridgehead atoms. The smallest absolute Gasteiger partial charge is 0.242 e. The summed E-state index contributed by atoms with van der Waals surface area (Å²) in [6.45, 7) is 14.1. The maximum Gasteiger partial charge on any atom is 0.242 e. The number of rotatable bonds is 12. The molecule has 5 N–H and O–H groups in total. The first-order valence-electron chi connectivity index (χ1n) is 17.3. The molecule has 11 heteroatoms. The van der Waals surface area contributed by atoms with Gasteiger partial charge in [-0.3, -0.25) is 9.59 Å². The van der Waals surface area contributed by atoms with Crippen molar-refractivity contribution in [2.75, 3.05) is 52.8 Å². The van der Waals surface area contributed by atoms with Crippen LogP contribution in [-0.2, 0) is 20.9 Å². The molecule has 276 valence electrons. The molecule has 1 aliphatic heterocycles. The number of anilines is 1. The Morgan fingerprint density at radius 1 is 1.14 bits per heavy atom. The molecule has 51 heavy (non-hydrogen) atoms. The van der Waals surface area contributed by atoms with E-state index in [0.29, 0.717) is 31.2 Å². The number of aromatic nitrogens is 2. The molecule has 1 saturated heterocycles. The van der Waals surface area contributed by atoms with Crippen LogP contribution in [0, 0.1) is 11.8 Å². The molecule has 1 fully saturated rings. The van der Waals surface area contributed by atoms with E-state index >= 15 is 0 Å². The molecule has 4 rings (SSSR count). The summed E-state index contributed by atoms with van der Waals surface area (Å²) in [5.74, 6) is 7.47. The predicted molar refractivity (Wildman–Crippen MR) is 212 cm³/mol. The molecule has 3 aromatic rings. The van der Waals surface area contributed by atoms with Gasteiger partial charge in [-0.25, -0.2) is 9.98 Å². The van der Waals surface area contributed by atoms with Gasteiger partial charge in [0, 0.05) is 63.9 Å². The molecule has 11 nitrogen and oxygen atoms in total. The standard InChI is InChI=1S/C33H40N8O2.C3H8.C2H6O.C2H4/c1-4-18-41(32(43)21-35-23-42)22-31-38-20-30(39-31)26-11-10-24(8-5-6-16-37-33(34)29-9-7-17-36-29)28(19-26)25-12-14-27(15-13-25)40(2)3;2*1-3-2;1-2/h6,10-16,19-20,23,29,36H,4,7,9,17-18,21-22H2,1-3H3,(H2,34,37)(H,35,42)(H,38,39);3H2,1-2H3;1-2H3;1-2H2/b16-6+;;;. The van der Waals surface area contributed by atoms with Gasteiger partial charge in [0.15, 0.2) is 0 Å². The Labute approximate surface area is 305 Å². The van der Waals surface area contributed by atoms with Gasteiger partial charge in [0.25, 0.3) is 0 Å². The third-order valence-electron chi connectivity index (χ3n) is 7.18. The van der Waals surface area contributed by atoms with E-state index < -0.39 is 0 Å². The number of aromatic amines is 1. The molecule has 2 heterocycles. The lowest BCUT2D eigenvalue weighted by Gasteiger charge is -2.20. The van der Waals surface area contributed by atoms with Crippen molar-refractivity contribution >= 4 is 23.8 Å². The second-order valence-corrected chi connectivity index (χ2v) is 11.7. The Morgan fingerprint density at radius 2 is 1.80 bits per heavy atom. The minimum absolute atomic E-state index is 0.0395. The average Bonchev–Trinajstić information content (AvgIpc) is 3.85. The first kappa shape index (κ1) is 43.8. The maximum absolute atomic E-state index is 12.5. The van der Waals surface area contributed by atoms with Crippen LogP contribution < -0.4 is 21.3 Å². The Hall–Kier alpha value is -5.18. The van der Waals surface area contributed by atoms with Crippen LogP contribution in [0.4, 0.5) is 5.69 Å². The van der Waals surface area contributed by atoms with Crippen LogP contribution in [0.3, 0.4) is 0 Å². The van der Waals surface area contributed by atoms with Crippen molar-refractivity contribution < 1.29 is 14.3 Å². The number of nitrogens with zero attached hydrogens (tertiary/aromatic N) is 4. The van der Waals surface area contributed by atoms with Crippen molar-refractivity contribution in [1.82, 2.24) is 25.5 Å². The molecule has 0 aliphatic carbocycles. The number of nitrogens with one attached hydrogen (secondary N) is 3. The largest absolute Gasteiger partial charge is 0.388 e. The topological polar surface area (TPSA) is 141 Å². The lowest BCUT2D eigenvalue weighted by Crippen LogP contribution is -2.38. The maximum atomic E-state index is 12.5. The van der Waals surface area contributed by atoms with E-state index in [-0.39, 0.29) is 18.5 Å². The molecule has 0 saturated carbocycles. The van der Waals surface area contributed by atoms with Crippen molar-refractivity contribution in [2.45, 2.75) is 59.0 Å². The van der Waals surface area contributed by atoms with Gasteiger partial charge >= 0.3 is 0 Å². The van der Waals surface area contributed by atoms with E-state index in [1.807, 2.05) is 33.2 Å². The Balaban J connectivity index is 0.00000149. The summed E-state index contributed by atoms with van der Waals surface area (Å²) in [6, 6.07) is 14.6. The molecule has 2 aromatic carbocycles. The van der Waals surface area contributed by atoms with Crippen molar-refractivity contribution in [1.29, 1.82) is 0 Å². The highest BCUT2D eigenvalue weighted by molar-refractivity contribution is 5.86. The summed E-state index contributed by atoms with van der Waals surface area (Å²) in [7, 11) is 7.28. The van der Waals surface area contributed by atoms with Gasteiger partial charge in [-0.2, -0.15) is 0 Å². The molecule has 1 aromatic heterocycles. The van der Waals surface area contributed by atoms with E-state index in [0.717, 1.165) is 59.4 Å². The van der Waals surface area contributed by atoms with Crippen molar-refractivity contribution in [3.05, 3.63) is 85.5 Å². The first-order valence-corrected chi connectivity index (χ1v) is 17.3. The van der Waals surface area contributed by atoms with E-state index in [1.54, 1.807) is 37.6 Å². The number of nitrogens with two attached hydrogens (primary N) is 1. The van der Waals surface area contributed by atoms with Crippen molar-refractivity contribution in [2.24, 2.45) is 10.7 Å². The SMILES string of the molecule is C=C.CCC.CCCN(Cc1ncc(-c2ccc(C#C/C=C/N=C(N)C3CCCN3)c(-c3ccc(N(C)C)cc3)c2)[nH]1)C(=O)CNC=O.COC. The van der Waals surface area contributed by atoms with Crippen LogP contribution in [0.2, 0.25) is 0 Å². The molecule has 1 atom stereocenters. The number of hydrogen-bond donors (Lipinski definition) is 4. The molecule has 0 radical (unpaired) electrons. The molecular formula is C40H58N8O3. The zero-order chi connectivity index (χ0) is 38.0. The zero-order valence-corrected chi connectivity index (χ0v) is 31.6. The minimum atomic E-state index is -0.157. The summed E-state index contributed by atoms with van der Waals surface area (Å²) >= 11 is 0. The normalized spacial score (nSPS) is 13.2. The average molecular weight is 699 g/mol. The van der Waals surface area contributed by atoms with Gasteiger partial charge in [0.05, 0.1) is 31.0 Å². The monoisotopic (exact) mass is 698 g/mol. The van der Waals surface area contributed by atoms with Crippen molar-refractivity contribution in [3.63, 3.8) is 0 Å². The number of imidazole rings is 1. The second kappa shape index (κ2) is 25.7. The van der Waals surface area contributed by atoms with Gasteiger partial charge < -0.3 is 35.9 Å². The molecule has 2 amide bonds. The minimum Gasteiger partial charge on any atom is -0.388 e. The first-order chi connectivity index (χ1) is 24.7. The van der Waals surface area contributed by atoms with Crippen LogP contribution in [0.15, 0.2) is 79.1 Å². The number of hydrogen-bond acceptors (Lipinski definition) is 7. The van der Waals surface area contributed by atoms with Crippen LogP contribution in [0.5, 0.6) is 0 Å². The quantitative estimate of drug-likeness (QED) is 0.0621. The third-order valence-corrected chi connectivity index (χ3v) is 7.18. The van der Waals surface area contributed by atoms with Crippen molar-refractivity contribution in [3.8, 4) is 34.2 Å². The lowest BCUT2D eigenvalue weighted by molar-refractivity contribution is -0.132. The summed E-state index contributed by atoms with van der Waals surface area (Å²) in [4.78, 5) is 39.2. The third kappa shape index (κ3) is 15.5. The fraction of sp³-hybridized carbons (Fsp3) is 0.400. The number of benzene rings is 2. The number of methoxy groups -OCH3 is 1. The van der Waals surface area contributed by atoms with Gasteiger partial charge in [0.2, 0.25) is 12.3 Å². The molecule has 1 unspecified atom stereocenters. The van der Waals surface area contributed by atoms with E-state index in [1.165, 1.54) is 6.42 Å². The van der Waals surface area contributed by atoms with Gasteiger partial charge in [-0.05, 0) is 61.2 Å². The molecule has 0 spiro atoms. The second-order valence-electron chi connectivity index (χ2n) is 11.7. The Kier molecular flexibility index (Phi) is 22.1. The highest BCUT2D eigenvalue weighted by Crippen LogP contribution is 2.30. The van der Waals surface area contributed by atoms with Gasteiger partial charge in [-0.1, -0.05) is 57.2 Å². The summed E-state index contributed by atoms with van der Waals surface area (Å²) in [6.07, 6.45) is 9.82. The zero-order valence-electron chi connectivity index (χ0n) is 31.6. The molecule has 1 aliphatic rings. The number of amidine groups is 1. The van der Waals surface area contributed by atoms with E-state index in [9.17, 15) is 9.59 Å². The van der Waals surface area contributed by atoms with Crippen LogP contribution >= 0.6 is 0 Å². The number of amides is 2. The van der Waals surface area contributed by atoms with E-state index in [4.69, 9.17) is 5.73 Å². The van der Waals surface area contributed by atoms with Crippen LogP contribution in [0.25, 0.3) is 22.4 Å². The van der Waals surface area contributed by atoms with Crippen LogP contribution in [0.1, 0.15) is 57.8 Å². The predicted octanol–water partition coefficient (Wildman–Crippen LogP) is 5.75. The number of carbonyl (C=O) groups excluding carboxylic acids is 2. The van der Waals surface area contributed by atoms with Gasteiger partial charge in [-0.15, -0.1) is 13.2 Å². The number of ether oxygens (including phenoxy) is 1.